The van der Waals surface area contributed by atoms with E-state index in [0.29, 0.717) is 17.4 Å². The van der Waals surface area contributed by atoms with E-state index in [4.69, 9.17) is 19.9 Å². The minimum Gasteiger partial charge on any atom is -0.266 e. The molecule has 0 bridgehead atoms. The summed E-state index contributed by atoms with van der Waals surface area (Å²) in [6.45, 7) is 0. The maximum Gasteiger partial charge on any atom is 0.237 e. The highest BCUT2D eigenvalue weighted by Crippen LogP contribution is 2.39. The molecule has 0 aliphatic heterocycles. The number of benzene rings is 5. The average Bonchev–Trinajstić information content (AvgIpc) is 3.53. The van der Waals surface area contributed by atoms with Gasteiger partial charge in [-0.15, -0.1) is 0 Å². The number of hydrogen-bond acceptors (Lipinski definition) is 5. The smallest absolute Gasteiger partial charge is 0.237 e. The predicted octanol–water partition coefficient (Wildman–Crippen LogP) is 8.43. The van der Waals surface area contributed by atoms with Gasteiger partial charge in [0.15, 0.2) is 11.5 Å². The lowest BCUT2D eigenvalue weighted by Gasteiger charge is -2.15. The molecule has 5 aromatic carbocycles. The second-order valence-corrected chi connectivity index (χ2v) is 10.3. The second kappa shape index (κ2) is 10.4. The zero-order valence-corrected chi connectivity index (χ0v) is 23.0. The first-order valence-electron chi connectivity index (χ1n) is 14.1. The van der Waals surface area contributed by atoms with Crippen molar-refractivity contribution in [3.05, 3.63) is 146 Å². The predicted molar refractivity (Wildman–Crippen MR) is 171 cm³/mol. The highest BCUT2D eigenvalue weighted by molar-refractivity contribution is 5.94. The Balaban J connectivity index is 1.32. The molecule has 3 heterocycles. The monoisotopic (exact) mass is 552 g/mol. The minimum absolute atomic E-state index is 0.502. The minimum atomic E-state index is 0.502. The topological polar surface area (TPSA) is 69.4 Å². The number of fused-ring (bicyclic) bond motifs is 2. The van der Waals surface area contributed by atoms with Crippen LogP contribution >= 0.6 is 0 Å². The van der Waals surface area contributed by atoms with Crippen molar-refractivity contribution in [1.82, 2.24) is 29.5 Å². The molecule has 43 heavy (non-hydrogen) atoms. The third kappa shape index (κ3) is 4.42. The van der Waals surface area contributed by atoms with Crippen LogP contribution < -0.4 is 0 Å². The Morgan fingerprint density at radius 1 is 0.465 bits per heavy atom. The number of aromatic nitrogens is 6. The van der Waals surface area contributed by atoms with E-state index >= 15 is 0 Å². The van der Waals surface area contributed by atoms with Crippen molar-refractivity contribution < 1.29 is 0 Å². The van der Waals surface area contributed by atoms with Crippen LogP contribution in [0.3, 0.4) is 0 Å². The quantitative estimate of drug-likeness (QED) is 0.214. The summed E-state index contributed by atoms with van der Waals surface area (Å²) in [6, 6.07) is 43.5. The van der Waals surface area contributed by atoms with Crippen LogP contribution in [0.1, 0.15) is 0 Å². The second-order valence-electron chi connectivity index (χ2n) is 10.3. The molecule has 0 fully saturated rings. The fraction of sp³-hybridized carbons (Fsp3) is 0. The van der Waals surface area contributed by atoms with E-state index in [1.165, 1.54) is 0 Å². The fourth-order valence-electron chi connectivity index (χ4n) is 5.63. The molecule has 0 radical (unpaired) electrons. The molecule has 0 N–H and O–H groups in total. The summed E-state index contributed by atoms with van der Waals surface area (Å²) < 4.78 is 1.94. The number of imidazole rings is 1. The van der Waals surface area contributed by atoms with E-state index in [1.807, 2.05) is 71.3 Å². The SMILES string of the molecule is c1ccc(-c2cccc(-c3ccccc3)c2-c2ncc3cnc(-n4cnc5cccc(-c6ccccc6)c54)nc3n2)cc1. The van der Waals surface area contributed by atoms with Gasteiger partial charge in [0.25, 0.3) is 0 Å². The molecular weight excluding hydrogens is 528 g/mol. The Hall–Kier alpha value is -6.01. The number of nitrogens with zero attached hydrogens (tertiary/aromatic N) is 6. The Morgan fingerprint density at radius 2 is 1.02 bits per heavy atom. The van der Waals surface area contributed by atoms with Gasteiger partial charge in [-0.05, 0) is 33.9 Å². The summed E-state index contributed by atoms with van der Waals surface area (Å²) in [4.78, 5) is 24.2. The van der Waals surface area contributed by atoms with E-state index in [9.17, 15) is 0 Å². The molecular formula is C37H24N6. The van der Waals surface area contributed by atoms with Gasteiger partial charge in [-0.25, -0.2) is 19.9 Å². The lowest BCUT2D eigenvalue weighted by atomic mass is 9.91. The molecule has 8 rings (SSSR count). The van der Waals surface area contributed by atoms with E-state index in [-0.39, 0.29) is 0 Å². The molecule has 0 saturated carbocycles. The first-order chi connectivity index (χ1) is 21.3. The van der Waals surface area contributed by atoms with Crippen molar-refractivity contribution in [1.29, 1.82) is 0 Å². The molecule has 0 amide bonds. The molecule has 0 spiro atoms. The summed E-state index contributed by atoms with van der Waals surface area (Å²) in [5.74, 6) is 1.11. The third-order valence-electron chi connectivity index (χ3n) is 7.65. The number of rotatable bonds is 5. The Morgan fingerprint density at radius 3 is 1.67 bits per heavy atom. The third-order valence-corrected chi connectivity index (χ3v) is 7.65. The van der Waals surface area contributed by atoms with Gasteiger partial charge in [0, 0.05) is 23.5 Å². The van der Waals surface area contributed by atoms with E-state index in [2.05, 4.69) is 65.6 Å². The zero-order valence-electron chi connectivity index (χ0n) is 23.0. The normalized spacial score (nSPS) is 11.3. The van der Waals surface area contributed by atoms with Gasteiger partial charge in [-0.3, -0.25) is 4.57 Å². The fourth-order valence-corrected chi connectivity index (χ4v) is 5.63. The van der Waals surface area contributed by atoms with Crippen LogP contribution in [0.4, 0.5) is 0 Å². The van der Waals surface area contributed by atoms with Gasteiger partial charge in [-0.1, -0.05) is 121 Å². The van der Waals surface area contributed by atoms with Crippen molar-refractivity contribution in [3.8, 4) is 50.7 Å². The van der Waals surface area contributed by atoms with E-state index < -0.39 is 0 Å². The Kier molecular flexibility index (Phi) is 6.01. The highest BCUT2D eigenvalue weighted by Gasteiger charge is 2.18. The molecule has 6 heteroatoms. The van der Waals surface area contributed by atoms with Gasteiger partial charge in [0.2, 0.25) is 5.95 Å². The Labute approximate surface area is 248 Å². The van der Waals surface area contributed by atoms with E-state index in [1.54, 1.807) is 18.7 Å². The molecule has 8 aromatic rings. The molecule has 0 aliphatic carbocycles. The standard InChI is InChI=1S/C37H24N6/c1-4-12-25(13-5-1)29-18-10-19-30(26-14-6-2-7-15-26)33(29)36-38-22-28-23-39-37(42-35(28)41-36)43-24-40-32-21-11-20-31(34(32)43)27-16-8-3-9-17-27/h1-24H. The first kappa shape index (κ1) is 24.8. The van der Waals surface area contributed by atoms with Crippen molar-refractivity contribution in [2.24, 2.45) is 0 Å². The summed E-state index contributed by atoms with van der Waals surface area (Å²) in [7, 11) is 0. The van der Waals surface area contributed by atoms with Gasteiger partial charge < -0.3 is 0 Å². The zero-order chi connectivity index (χ0) is 28.6. The molecule has 3 aromatic heterocycles. The molecule has 0 aliphatic rings. The van der Waals surface area contributed by atoms with Crippen LogP contribution in [0.15, 0.2) is 146 Å². The van der Waals surface area contributed by atoms with Crippen LogP contribution in [0.5, 0.6) is 0 Å². The van der Waals surface area contributed by atoms with Crippen molar-refractivity contribution in [2.75, 3.05) is 0 Å². The van der Waals surface area contributed by atoms with Crippen LogP contribution in [-0.4, -0.2) is 29.5 Å². The molecule has 202 valence electrons. The molecule has 0 saturated heterocycles. The molecule has 6 nitrogen and oxygen atoms in total. The van der Waals surface area contributed by atoms with Gasteiger partial charge >= 0.3 is 0 Å². The Bertz CT molecular complexity index is 2170. The lowest BCUT2D eigenvalue weighted by Crippen LogP contribution is -2.03. The van der Waals surface area contributed by atoms with Gasteiger partial charge in [0.05, 0.1) is 16.4 Å². The maximum absolute atomic E-state index is 5.05. The summed E-state index contributed by atoms with van der Waals surface area (Å²) in [6.07, 6.45) is 5.36. The highest BCUT2D eigenvalue weighted by atomic mass is 15.2. The lowest BCUT2D eigenvalue weighted by molar-refractivity contribution is 0.957. The first-order valence-corrected chi connectivity index (χ1v) is 14.1. The van der Waals surface area contributed by atoms with Crippen molar-refractivity contribution in [3.63, 3.8) is 0 Å². The summed E-state index contributed by atoms with van der Waals surface area (Å²) >= 11 is 0. The average molecular weight is 553 g/mol. The van der Waals surface area contributed by atoms with Crippen LogP contribution in [0.2, 0.25) is 0 Å². The van der Waals surface area contributed by atoms with Crippen molar-refractivity contribution >= 4 is 22.1 Å². The van der Waals surface area contributed by atoms with Gasteiger partial charge in [-0.2, -0.15) is 4.98 Å². The van der Waals surface area contributed by atoms with Crippen LogP contribution in [-0.2, 0) is 0 Å². The van der Waals surface area contributed by atoms with Crippen LogP contribution in [0.25, 0.3) is 72.8 Å². The van der Waals surface area contributed by atoms with Gasteiger partial charge in [0.1, 0.15) is 6.33 Å². The summed E-state index contributed by atoms with van der Waals surface area (Å²) in [5, 5.41) is 0.763. The van der Waals surface area contributed by atoms with Crippen molar-refractivity contribution in [2.45, 2.75) is 0 Å². The maximum atomic E-state index is 5.05. The largest absolute Gasteiger partial charge is 0.266 e. The summed E-state index contributed by atoms with van der Waals surface area (Å²) in [5.41, 5.74) is 9.82. The number of hydrogen-bond donors (Lipinski definition) is 0. The van der Waals surface area contributed by atoms with E-state index in [0.717, 1.165) is 55.4 Å². The molecule has 0 atom stereocenters. The molecule has 0 unspecified atom stereocenters. The number of para-hydroxylation sites is 1. The van der Waals surface area contributed by atoms with Crippen LogP contribution in [0, 0.1) is 0 Å².